The monoisotopic (exact) mass is 273 g/mol. The van der Waals surface area contributed by atoms with Gasteiger partial charge in [-0.1, -0.05) is 5.16 Å². The number of ether oxygens (including phenoxy) is 1. The molecular weight excluding hydrogens is 250 g/mol. The van der Waals surface area contributed by atoms with Crippen molar-refractivity contribution in [2.45, 2.75) is 38.8 Å². The normalized spacial score (nSPS) is 20.8. The Morgan fingerprint density at radius 2 is 2.00 bits per heavy atom. The van der Waals surface area contributed by atoms with E-state index in [4.69, 9.17) is 10.5 Å². The highest BCUT2D eigenvalue weighted by atomic mass is 16.6. The lowest BCUT2D eigenvalue weighted by atomic mass is 10.2. The van der Waals surface area contributed by atoms with E-state index in [1.807, 2.05) is 20.8 Å². The number of hydrogen-bond donors (Lipinski definition) is 1. The Morgan fingerprint density at radius 3 is 2.26 bits per heavy atom. The molecule has 110 valence electrons. The summed E-state index contributed by atoms with van der Waals surface area (Å²) in [6.07, 6.45) is 0.954. The number of primary amides is 1. The summed E-state index contributed by atoms with van der Waals surface area (Å²) < 4.78 is 4.94. The van der Waals surface area contributed by atoms with Gasteiger partial charge in [0.1, 0.15) is 13.2 Å². The first kappa shape index (κ1) is 17.4. The van der Waals surface area contributed by atoms with Gasteiger partial charge in [-0.2, -0.15) is 0 Å². The molecule has 19 heavy (non-hydrogen) atoms. The van der Waals surface area contributed by atoms with Crippen LogP contribution in [-0.4, -0.2) is 55.3 Å². The average molecular weight is 273 g/mol. The lowest BCUT2D eigenvalue weighted by molar-refractivity contribution is -0.128. The zero-order valence-corrected chi connectivity index (χ0v) is 12.2. The number of nitrogens with two attached hydrogens (primary N) is 1. The van der Waals surface area contributed by atoms with Crippen LogP contribution < -0.4 is 5.73 Å². The molecular formula is C12H23N3O4. The summed E-state index contributed by atoms with van der Waals surface area (Å²) in [5.74, 6) is -0.520. The van der Waals surface area contributed by atoms with E-state index in [0.717, 1.165) is 0 Å². The maximum atomic E-state index is 10.8. The third kappa shape index (κ3) is 6.76. The topological polar surface area (TPSA) is 94.2 Å². The second kappa shape index (κ2) is 7.73. The van der Waals surface area contributed by atoms with Crippen LogP contribution in [0.15, 0.2) is 5.16 Å². The predicted molar refractivity (Wildman–Crippen MR) is 71.6 cm³/mol. The van der Waals surface area contributed by atoms with Gasteiger partial charge in [0.15, 0.2) is 0 Å². The average Bonchev–Trinajstić information content (AvgIpc) is 2.73. The van der Waals surface area contributed by atoms with Crippen molar-refractivity contribution in [1.29, 1.82) is 0 Å². The van der Waals surface area contributed by atoms with E-state index < -0.39 is 11.9 Å². The summed E-state index contributed by atoms with van der Waals surface area (Å²) in [6, 6.07) is -0.577. The van der Waals surface area contributed by atoms with Gasteiger partial charge in [-0.05, 0) is 20.8 Å². The van der Waals surface area contributed by atoms with Crippen molar-refractivity contribution < 1.29 is 19.2 Å². The molecule has 0 spiro atoms. The van der Waals surface area contributed by atoms with Crippen LogP contribution in [0.4, 0.5) is 0 Å². The molecule has 7 heteroatoms. The molecule has 1 saturated heterocycles. The van der Waals surface area contributed by atoms with Gasteiger partial charge in [0.25, 0.3) is 0 Å². The largest absolute Gasteiger partial charge is 0.399 e. The first-order valence-electron chi connectivity index (χ1n) is 5.89. The van der Waals surface area contributed by atoms with Crippen LogP contribution in [-0.2, 0) is 19.2 Å². The Morgan fingerprint density at radius 1 is 1.47 bits per heavy atom. The highest BCUT2D eigenvalue weighted by molar-refractivity contribution is 5.97. The number of amides is 2. The maximum Gasteiger partial charge on any atom is 0.240 e. The molecule has 0 radical (unpaired) electrons. The van der Waals surface area contributed by atoms with E-state index in [-0.39, 0.29) is 5.60 Å². The van der Waals surface area contributed by atoms with Gasteiger partial charge in [-0.15, -0.1) is 0 Å². The molecule has 7 nitrogen and oxygen atoms in total. The van der Waals surface area contributed by atoms with E-state index in [1.165, 1.54) is 12.0 Å². The maximum absolute atomic E-state index is 10.8. The molecule has 0 aromatic heterocycles. The zero-order chi connectivity index (χ0) is 15.1. The lowest BCUT2D eigenvalue weighted by Gasteiger charge is -2.14. The Balaban J connectivity index is 0.000000459. The molecule has 0 bridgehead atoms. The molecule has 1 heterocycles. The molecule has 1 atom stereocenters. The molecule has 2 amide bonds. The Kier molecular flexibility index (Phi) is 7.06. The number of methoxy groups -OCH3 is 1. The molecule has 0 aromatic carbocycles. The van der Waals surface area contributed by atoms with E-state index in [9.17, 15) is 9.59 Å². The second-order valence-electron chi connectivity index (χ2n) is 5.06. The van der Waals surface area contributed by atoms with Crippen molar-refractivity contribution in [1.82, 2.24) is 4.90 Å². The standard InChI is InChI=1S/C7H11N3O3.C5H12O/c1-13-9-5-2-6(7(8)12)10(3-5)4-11;1-5(2,3)6-4/h4,6H,2-3H2,1H3,(H2,8,12);1-4H3. The molecule has 1 fully saturated rings. The minimum absolute atomic E-state index is 0.0417. The quantitative estimate of drug-likeness (QED) is 0.584. The Labute approximate surface area is 113 Å². The number of carbonyl (C=O) groups is 2. The first-order chi connectivity index (χ1) is 8.75. The molecule has 1 rings (SSSR count). The predicted octanol–water partition coefficient (Wildman–Crippen LogP) is 0.136. The lowest BCUT2D eigenvalue weighted by Crippen LogP contribution is -2.39. The summed E-state index contributed by atoms with van der Waals surface area (Å²) in [5.41, 5.74) is 5.78. The van der Waals surface area contributed by atoms with Crippen LogP contribution in [0.1, 0.15) is 27.2 Å². The highest BCUT2D eigenvalue weighted by Gasteiger charge is 2.32. The van der Waals surface area contributed by atoms with E-state index in [1.54, 1.807) is 7.11 Å². The SMILES string of the molecule is COC(C)(C)C.CON=C1CC(C(N)=O)N(C=O)C1. The summed E-state index contributed by atoms with van der Waals surface area (Å²) in [4.78, 5) is 27.2. The molecule has 1 unspecified atom stereocenters. The number of oxime groups is 1. The van der Waals surface area contributed by atoms with Crippen LogP contribution in [0.3, 0.4) is 0 Å². The highest BCUT2D eigenvalue weighted by Crippen LogP contribution is 2.12. The van der Waals surface area contributed by atoms with E-state index in [2.05, 4.69) is 9.99 Å². The van der Waals surface area contributed by atoms with Gasteiger partial charge in [-0.3, -0.25) is 9.59 Å². The summed E-state index contributed by atoms with van der Waals surface area (Å²) in [6.45, 7) is 6.37. The van der Waals surface area contributed by atoms with Crippen LogP contribution >= 0.6 is 0 Å². The van der Waals surface area contributed by atoms with Crippen LogP contribution in [0, 0.1) is 0 Å². The van der Waals surface area contributed by atoms with Crippen LogP contribution in [0.25, 0.3) is 0 Å². The number of hydrogen-bond acceptors (Lipinski definition) is 5. The smallest absolute Gasteiger partial charge is 0.240 e. The van der Waals surface area contributed by atoms with Gasteiger partial charge in [0, 0.05) is 13.5 Å². The van der Waals surface area contributed by atoms with Crippen LogP contribution in [0.2, 0.25) is 0 Å². The Hall–Kier alpha value is -1.63. The van der Waals surface area contributed by atoms with Gasteiger partial charge in [-0.25, -0.2) is 0 Å². The molecule has 1 aliphatic heterocycles. The van der Waals surface area contributed by atoms with Crippen molar-refractivity contribution in [3.63, 3.8) is 0 Å². The molecule has 0 aliphatic carbocycles. The van der Waals surface area contributed by atoms with Crippen LogP contribution in [0.5, 0.6) is 0 Å². The number of rotatable bonds is 3. The fourth-order valence-corrected chi connectivity index (χ4v) is 1.30. The van der Waals surface area contributed by atoms with Crippen molar-refractivity contribution in [2.75, 3.05) is 20.8 Å². The zero-order valence-electron chi connectivity index (χ0n) is 12.2. The van der Waals surface area contributed by atoms with Crippen molar-refractivity contribution in [3.05, 3.63) is 0 Å². The number of carbonyl (C=O) groups excluding carboxylic acids is 2. The second-order valence-corrected chi connectivity index (χ2v) is 5.06. The third-order valence-corrected chi connectivity index (χ3v) is 2.49. The van der Waals surface area contributed by atoms with E-state index >= 15 is 0 Å². The summed E-state index contributed by atoms with van der Waals surface area (Å²) >= 11 is 0. The third-order valence-electron chi connectivity index (χ3n) is 2.49. The fourth-order valence-electron chi connectivity index (χ4n) is 1.30. The van der Waals surface area contributed by atoms with E-state index in [0.29, 0.717) is 25.1 Å². The molecule has 1 aliphatic rings. The summed E-state index contributed by atoms with van der Waals surface area (Å²) in [7, 11) is 3.12. The molecule has 0 saturated carbocycles. The summed E-state index contributed by atoms with van der Waals surface area (Å²) in [5, 5.41) is 3.66. The fraction of sp³-hybridized carbons (Fsp3) is 0.750. The minimum Gasteiger partial charge on any atom is -0.399 e. The number of nitrogens with zero attached hydrogens (tertiary/aromatic N) is 2. The number of likely N-dealkylation sites (tertiary alicyclic amines) is 1. The molecule has 2 N–H and O–H groups in total. The van der Waals surface area contributed by atoms with Gasteiger partial charge < -0.3 is 20.2 Å². The Bertz CT molecular complexity index is 336. The van der Waals surface area contributed by atoms with Gasteiger partial charge >= 0.3 is 0 Å². The molecule has 0 aromatic rings. The van der Waals surface area contributed by atoms with Crippen molar-refractivity contribution in [2.24, 2.45) is 10.9 Å². The van der Waals surface area contributed by atoms with Crippen molar-refractivity contribution >= 4 is 18.0 Å². The van der Waals surface area contributed by atoms with Crippen molar-refractivity contribution in [3.8, 4) is 0 Å². The first-order valence-corrected chi connectivity index (χ1v) is 5.89. The minimum atomic E-state index is -0.577. The van der Waals surface area contributed by atoms with Gasteiger partial charge in [0.05, 0.1) is 17.9 Å². The van der Waals surface area contributed by atoms with Gasteiger partial charge in [0.2, 0.25) is 12.3 Å².